The molecule has 1 atom stereocenters. The van der Waals surface area contributed by atoms with Gasteiger partial charge in [-0.15, -0.1) is 0 Å². The number of hydrogen-bond donors (Lipinski definition) is 1. The third-order valence-electron chi connectivity index (χ3n) is 3.80. The first-order valence-electron chi connectivity index (χ1n) is 7.39. The van der Waals surface area contributed by atoms with Crippen LogP contribution in [0.4, 0.5) is 0 Å². The van der Waals surface area contributed by atoms with Gasteiger partial charge in [-0.05, 0) is 77.2 Å². The predicted molar refractivity (Wildman–Crippen MR) is 102 cm³/mol. The third kappa shape index (κ3) is 3.25. The fourth-order valence-corrected chi connectivity index (χ4v) is 3.13. The van der Waals surface area contributed by atoms with Crippen molar-refractivity contribution >= 4 is 39.5 Å². The van der Waals surface area contributed by atoms with Gasteiger partial charge < -0.3 is 10.1 Å². The number of carbonyl (C=O) groups excluding carboxylic acids is 1. The van der Waals surface area contributed by atoms with Gasteiger partial charge in [0, 0.05) is 21.4 Å². The maximum Gasteiger partial charge on any atom is 0.329 e. The first kappa shape index (κ1) is 16.8. The summed E-state index contributed by atoms with van der Waals surface area (Å²) in [6.45, 7) is 0. The summed E-state index contributed by atoms with van der Waals surface area (Å²) < 4.78 is 6.01. The molecule has 0 fully saturated rings. The Labute approximate surface area is 153 Å². The highest BCUT2D eigenvalue weighted by Gasteiger charge is 2.22. The van der Waals surface area contributed by atoms with Crippen molar-refractivity contribution in [2.45, 2.75) is 6.04 Å². The highest BCUT2D eigenvalue weighted by Crippen LogP contribution is 2.31. The summed E-state index contributed by atoms with van der Waals surface area (Å²) in [7, 11) is 3.09. The summed E-state index contributed by atoms with van der Waals surface area (Å²) in [5.41, 5.74) is 3.51. The zero-order valence-electron chi connectivity index (χ0n) is 13.3. The molecule has 1 aromatic carbocycles. The number of benzene rings is 1. The molecule has 2 aromatic heterocycles. The van der Waals surface area contributed by atoms with E-state index in [2.05, 4.69) is 43.9 Å². The summed E-state index contributed by atoms with van der Waals surface area (Å²) >= 11 is 2.28. The van der Waals surface area contributed by atoms with E-state index in [0.29, 0.717) is 5.69 Å². The average molecular weight is 433 g/mol. The lowest BCUT2D eigenvalue weighted by molar-refractivity contribution is -0.143. The van der Waals surface area contributed by atoms with Crippen LogP contribution in [0.1, 0.15) is 11.7 Å². The van der Waals surface area contributed by atoms with E-state index in [-0.39, 0.29) is 5.97 Å². The fraction of sp³-hybridized carbons (Fsp3) is 0.167. The topological polar surface area (TPSA) is 64.1 Å². The van der Waals surface area contributed by atoms with Crippen LogP contribution in [-0.2, 0) is 9.53 Å². The number of esters is 1. The minimum atomic E-state index is -0.612. The Kier molecular flexibility index (Phi) is 5.06. The lowest BCUT2D eigenvalue weighted by Crippen LogP contribution is -2.27. The van der Waals surface area contributed by atoms with E-state index in [4.69, 9.17) is 4.74 Å². The number of nitrogens with zero attached hydrogens (tertiary/aromatic N) is 2. The molecule has 122 valence electrons. The lowest BCUT2D eigenvalue weighted by atomic mass is 9.99. The largest absolute Gasteiger partial charge is 0.468 e. The average Bonchev–Trinajstić information content (AvgIpc) is 2.62. The Hall–Kier alpha value is -2.06. The maximum atomic E-state index is 12.0. The smallest absolute Gasteiger partial charge is 0.329 e. The molecule has 0 saturated carbocycles. The second kappa shape index (κ2) is 7.23. The number of halogens is 1. The van der Waals surface area contributed by atoms with Gasteiger partial charge in [-0.1, -0.05) is 0 Å². The van der Waals surface area contributed by atoms with Crippen LogP contribution in [-0.4, -0.2) is 30.1 Å². The van der Waals surface area contributed by atoms with E-state index in [1.165, 1.54) is 7.11 Å². The van der Waals surface area contributed by atoms with Crippen LogP contribution in [0, 0.1) is 3.57 Å². The van der Waals surface area contributed by atoms with Crippen LogP contribution in [0.5, 0.6) is 0 Å². The van der Waals surface area contributed by atoms with E-state index in [1.807, 2.05) is 30.3 Å². The summed E-state index contributed by atoms with van der Waals surface area (Å²) in [4.78, 5) is 20.8. The molecule has 3 rings (SSSR count). The summed E-state index contributed by atoms with van der Waals surface area (Å²) in [6.07, 6.45) is 3.51. The van der Waals surface area contributed by atoms with Crippen LogP contribution < -0.4 is 5.32 Å². The number of nitrogens with one attached hydrogen (secondary N) is 1. The van der Waals surface area contributed by atoms with Crippen LogP contribution >= 0.6 is 22.6 Å². The lowest BCUT2D eigenvalue weighted by Gasteiger charge is -2.16. The maximum absolute atomic E-state index is 12.0. The van der Waals surface area contributed by atoms with Crippen molar-refractivity contribution in [3.8, 4) is 11.1 Å². The molecule has 2 heterocycles. The monoisotopic (exact) mass is 433 g/mol. The number of aromatic nitrogens is 2. The van der Waals surface area contributed by atoms with E-state index < -0.39 is 6.04 Å². The molecule has 3 aromatic rings. The normalized spacial score (nSPS) is 12.1. The number of carbonyl (C=O) groups is 1. The Bertz CT molecular complexity index is 884. The molecule has 0 aliphatic rings. The molecule has 5 nitrogen and oxygen atoms in total. The molecule has 1 unspecified atom stereocenters. The Morgan fingerprint density at radius 3 is 2.62 bits per heavy atom. The molecule has 0 aliphatic carbocycles. The van der Waals surface area contributed by atoms with Crippen LogP contribution in [0.3, 0.4) is 0 Å². The van der Waals surface area contributed by atoms with Crippen LogP contribution in [0.2, 0.25) is 0 Å². The molecular formula is C18H16IN3O2. The Balaban J connectivity index is 2.27. The van der Waals surface area contributed by atoms with Gasteiger partial charge in [-0.3, -0.25) is 9.97 Å². The molecule has 0 amide bonds. The second-order valence-electron chi connectivity index (χ2n) is 5.24. The van der Waals surface area contributed by atoms with Crippen molar-refractivity contribution in [3.05, 3.63) is 58.1 Å². The van der Waals surface area contributed by atoms with Crippen molar-refractivity contribution in [3.63, 3.8) is 0 Å². The van der Waals surface area contributed by atoms with Crippen LogP contribution in [0.15, 0.2) is 48.8 Å². The molecule has 0 aliphatic heterocycles. The summed E-state index contributed by atoms with van der Waals surface area (Å²) in [6, 6.07) is 11.3. The van der Waals surface area contributed by atoms with E-state index >= 15 is 0 Å². The quantitative estimate of drug-likeness (QED) is 0.505. The van der Waals surface area contributed by atoms with Gasteiger partial charge in [0.15, 0.2) is 0 Å². The van der Waals surface area contributed by atoms with Gasteiger partial charge in [0.1, 0.15) is 6.04 Å². The van der Waals surface area contributed by atoms with Crippen molar-refractivity contribution in [2.24, 2.45) is 0 Å². The van der Waals surface area contributed by atoms with Crippen molar-refractivity contribution in [1.82, 2.24) is 15.3 Å². The van der Waals surface area contributed by atoms with E-state index in [1.54, 1.807) is 19.4 Å². The summed E-state index contributed by atoms with van der Waals surface area (Å²) in [5.74, 6) is -0.365. The van der Waals surface area contributed by atoms with Gasteiger partial charge in [0.25, 0.3) is 0 Å². The molecule has 0 radical (unpaired) electrons. The molecule has 6 heteroatoms. The number of pyridine rings is 2. The molecule has 0 bridgehead atoms. The number of likely N-dealkylation sites (N-methyl/N-ethyl adjacent to an activating group) is 1. The standard InChI is InChI=1S/C18H16IN3O2/c1-20-17(18(23)24-2)16-10-13(11-5-7-21-8-6-11)14-9-12(19)3-4-15(14)22-16/h3-10,17,20H,1-2H3. The number of methoxy groups -OCH3 is 1. The van der Waals surface area contributed by atoms with Gasteiger partial charge in [-0.2, -0.15) is 0 Å². The number of hydrogen-bond acceptors (Lipinski definition) is 5. The van der Waals surface area contributed by atoms with Gasteiger partial charge in [-0.25, -0.2) is 4.79 Å². The van der Waals surface area contributed by atoms with Crippen LogP contribution in [0.25, 0.3) is 22.0 Å². The SMILES string of the molecule is CNC(C(=O)OC)c1cc(-c2ccncc2)c2cc(I)ccc2n1. The summed E-state index contributed by atoms with van der Waals surface area (Å²) in [5, 5.41) is 4.01. The molecule has 0 saturated heterocycles. The number of fused-ring (bicyclic) bond motifs is 1. The highest BCUT2D eigenvalue weighted by atomic mass is 127. The zero-order chi connectivity index (χ0) is 17.1. The van der Waals surface area contributed by atoms with Gasteiger partial charge in [0.2, 0.25) is 0 Å². The van der Waals surface area contributed by atoms with Crippen molar-refractivity contribution < 1.29 is 9.53 Å². The Morgan fingerprint density at radius 2 is 1.96 bits per heavy atom. The molecule has 0 spiro atoms. The van der Waals surface area contributed by atoms with Crippen molar-refractivity contribution in [1.29, 1.82) is 0 Å². The number of rotatable bonds is 4. The van der Waals surface area contributed by atoms with Gasteiger partial charge in [0.05, 0.1) is 18.3 Å². The first-order valence-corrected chi connectivity index (χ1v) is 8.47. The molecule has 1 N–H and O–H groups in total. The van der Waals surface area contributed by atoms with Crippen molar-refractivity contribution in [2.75, 3.05) is 14.2 Å². The predicted octanol–water partition coefficient (Wildman–Crippen LogP) is 3.33. The minimum Gasteiger partial charge on any atom is -0.468 e. The fourth-order valence-electron chi connectivity index (χ4n) is 2.64. The third-order valence-corrected chi connectivity index (χ3v) is 4.47. The van der Waals surface area contributed by atoms with E-state index in [0.717, 1.165) is 25.6 Å². The second-order valence-corrected chi connectivity index (χ2v) is 6.48. The highest BCUT2D eigenvalue weighted by molar-refractivity contribution is 14.1. The first-order chi connectivity index (χ1) is 11.6. The van der Waals surface area contributed by atoms with Gasteiger partial charge >= 0.3 is 5.97 Å². The minimum absolute atomic E-state index is 0.365. The molecular weight excluding hydrogens is 417 g/mol. The number of ether oxygens (including phenoxy) is 1. The zero-order valence-corrected chi connectivity index (χ0v) is 15.4. The molecule has 24 heavy (non-hydrogen) atoms. The Morgan fingerprint density at radius 1 is 1.21 bits per heavy atom. The van der Waals surface area contributed by atoms with E-state index in [9.17, 15) is 4.79 Å².